The van der Waals surface area contributed by atoms with Crippen LogP contribution in [-0.2, 0) is 13.2 Å². The molecule has 5 nitrogen and oxygen atoms in total. The van der Waals surface area contributed by atoms with Crippen LogP contribution in [0.5, 0.6) is 5.75 Å². The molecule has 0 amide bonds. The minimum Gasteiger partial charge on any atom is -0.488 e. The van der Waals surface area contributed by atoms with Gasteiger partial charge >= 0.3 is 0 Å². The number of nitrogens with zero attached hydrogens (tertiary/aromatic N) is 1. The number of hydrogen-bond acceptors (Lipinski definition) is 4. The smallest absolute Gasteiger partial charge is 0.269 e. The van der Waals surface area contributed by atoms with Crippen molar-refractivity contribution < 1.29 is 14.8 Å². The predicted molar refractivity (Wildman–Crippen MR) is 74.5 cm³/mol. The second kappa shape index (κ2) is 6.16. The fourth-order valence-electron chi connectivity index (χ4n) is 1.96. The summed E-state index contributed by atoms with van der Waals surface area (Å²) in [5.74, 6) is 0.626. The van der Waals surface area contributed by atoms with Crippen molar-refractivity contribution >= 4 is 5.69 Å². The van der Waals surface area contributed by atoms with E-state index in [1.807, 2.05) is 19.1 Å². The summed E-state index contributed by atoms with van der Waals surface area (Å²) in [4.78, 5) is 10.3. The van der Waals surface area contributed by atoms with Gasteiger partial charge in [0, 0.05) is 17.7 Å². The monoisotopic (exact) mass is 273 g/mol. The van der Waals surface area contributed by atoms with E-state index in [1.54, 1.807) is 18.2 Å². The van der Waals surface area contributed by atoms with Gasteiger partial charge < -0.3 is 9.84 Å². The van der Waals surface area contributed by atoms with Gasteiger partial charge in [0.2, 0.25) is 0 Å². The highest BCUT2D eigenvalue weighted by Gasteiger charge is 2.09. The van der Waals surface area contributed by atoms with Crippen LogP contribution >= 0.6 is 0 Å². The summed E-state index contributed by atoms with van der Waals surface area (Å²) in [6.45, 7) is 2.01. The molecule has 20 heavy (non-hydrogen) atoms. The largest absolute Gasteiger partial charge is 0.488 e. The van der Waals surface area contributed by atoms with Gasteiger partial charge in [-0.2, -0.15) is 0 Å². The molecule has 0 radical (unpaired) electrons. The van der Waals surface area contributed by atoms with E-state index in [0.717, 1.165) is 5.56 Å². The van der Waals surface area contributed by atoms with Crippen LogP contribution in [0, 0.1) is 17.0 Å². The molecule has 0 bridgehead atoms. The summed E-state index contributed by atoms with van der Waals surface area (Å²) in [6, 6.07) is 11.8. The van der Waals surface area contributed by atoms with Gasteiger partial charge in [-0.3, -0.25) is 10.1 Å². The number of non-ortho nitro benzene ring substituents is 1. The Morgan fingerprint density at radius 1 is 1.25 bits per heavy atom. The molecule has 0 aliphatic rings. The van der Waals surface area contributed by atoms with Gasteiger partial charge in [0.1, 0.15) is 12.4 Å². The molecular formula is C15H15NO4. The maximum absolute atomic E-state index is 10.7. The number of aliphatic hydroxyl groups is 1. The molecule has 0 fully saturated rings. The van der Waals surface area contributed by atoms with E-state index in [4.69, 9.17) is 4.74 Å². The van der Waals surface area contributed by atoms with Crippen molar-refractivity contribution in [2.24, 2.45) is 0 Å². The maximum Gasteiger partial charge on any atom is 0.269 e. The van der Waals surface area contributed by atoms with Crippen molar-refractivity contribution in [2.75, 3.05) is 0 Å². The molecule has 2 aromatic carbocycles. The van der Waals surface area contributed by atoms with Gasteiger partial charge in [-0.25, -0.2) is 0 Å². The zero-order valence-corrected chi connectivity index (χ0v) is 11.1. The van der Waals surface area contributed by atoms with Crippen LogP contribution in [-0.4, -0.2) is 10.0 Å². The SMILES string of the molecule is Cc1cccc(CO)c1OCc1cccc([N+](=O)[O-])c1. The topological polar surface area (TPSA) is 72.6 Å². The van der Waals surface area contributed by atoms with Crippen LogP contribution < -0.4 is 4.74 Å². The summed E-state index contributed by atoms with van der Waals surface area (Å²) in [7, 11) is 0. The summed E-state index contributed by atoms with van der Waals surface area (Å²) in [6.07, 6.45) is 0. The summed E-state index contributed by atoms with van der Waals surface area (Å²) in [5, 5.41) is 20.0. The summed E-state index contributed by atoms with van der Waals surface area (Å²) < 4.78 is 5.70. The first-order valence-electron chi connectivity index (χ1n) is 6.17. The number of rotatable bonds is 5. The number of aliphatic hydroxyl groups excluding tert-OH is 1. The Hall–Kier alpha value is -2.40. The molecule has 0 spiro atoms. The lowest BCUT2D eigenvalue weighted by Gasteiger charge is -2.12. The Bertz CT molecular complexity index is 625. The highest BCUT2D eigenvalue weighted by molar-refractivity contribution is 5.41. The molecule has 0 aromatic heterocycles. The van der Waals surface area contributed by atoms with Crippen LogP contribution in [0.15, 0.2) is 42.5 Å². The minimum atomic E-state index is -0.434. The average molecular weight is 273 g/mol. The predicted octanol–water partition coefficient (Wildman–Crippen LogP) is 2.97. The van der Waals surface area contributed by atoms with Gasteiger partial charge in [-0.05, 0) is 18.1 Å². The van der Waals surface area contributed by atoms with Gasteiger partial charge in [-0.15, -0.1) is 0 Å². The zero-order chi connectivity index (χ0) is 14.5. The standard InChI is InChI=1S/C15H15NO4/c1-11-4-2-6-13(9-17)15(11)20-10-12-5-3-7-14(8-12)16(18)19/h2-8,17H,9-10H2,1H3. The number of nitro groups is 1. The summed E-state index contributed by atoms with van der Waals surface area (Å²) in [5.41, 5.74) is 2.38. The third kappa shape index (κ3) is 3.13. The minimum absolute atomic E-state index is 0.0401. The number of hydrogen-bond donors (Lipinski definition) is 1. The lowest BCUT2D eigenvalue weighted by Crippen LogP contribution is -2.01. The third-order valence-electron chi connectivity index (χ3n) is 2.97. The molecule has 1 N–H and O–H groups in total. The van der Waals surface area contributed by atoms with Gasteiger partial charge in [0.25, 0.3) is 5.69 Å². The normalized spacial score (nSPS) is 10.3. The molecule has 0 unspecified atom stereocenters. The Balaban J connectivity index is 2.17. The van der Waals surface area contributed by atoms with Crippen LogP contribution in [0.25, 0.3) is 0 Å². The van der Waals surface area contributed by atoms with E-state index in [9.17, 15) is 15.2 Å². The van der Waals surface area contributed by atoms with Crippen molar-refractivity contribution in [2.45, 2.75) is 20.1 Å². The lowest BCUT2D eigenvalue weighted by atomic mass is 10.1. The van der Waals surface area contributed by atoms with Crippen LogP contribution in [0.4, 0.5) is 5.69 Å². The zero-order valence-electron chi connectivity index (χ0n) is 11.1. The molecule has 0 aliphatic heterocycles. The molecular weight excluding hydrogens is 258 g/mol. The van der Waals surface area contributed by atoms with Crippen LogP contribution in [0.2, 0.25) is 0 Å². The molecule has 2 rings (SSSR count). The van der Waals surface area contributed by atoms with Gasteiger partial charge in [0.15, 0.2) is 0 Å². The fraction of sp³-hybridized carbons (Fsp3) is 0.200. The van der Waals surface area contributed by atoms with E-state index in [1.165, 1.54) is 12.1 Å². The van der Waals surface area contributed by atoms with Gasteiger partial charge in [-0.1, -0.05) is 30.3 Å². The van der Waals surface area contributed by atoms with Crippen molar-refractivity contribution in [3.05, 3.63) is 69.3 Å². The molecule has 0 heterocycles. The lowest BCUT2D eigenvalue weighted by molar-refractivity contribution is -0.384. The molecule has 0 saturated carbocycles. The number of para-hydroxylation sites is 1. The number of nitro benzene ring substituents is 1. The molecule has 0 aliphatic carbocycles. The quantitative estimate of drug-likeness (QED) is 0.671. The van der Waals surface area contributed by atoms with Crippen molar-refractivity contribution in [1.29, 1.82) is 0 Å². The van der Waals surface area contributed by atoms with E-state index in [2.05, 4.69) is 0 Å². The van der Waals surface area contributed by atoms with Gasteiger partial charge in [0.05, 0.1) is 11.5 Å². The van der Waals surface area contributed by atoms with E-state index >= 15 is 0 Å². The van der Waals surface area contributed by atoms with E-state index in [-0.39, 0.29) is 18.9 Å². The fourth-order valence-corrected chi connectivity index (χ4v) is 1.96. The molecule has 104 valence electrons. The van der Waals surface area contributed by atoms with E-state index < -0.39 is 4.92 Å². The van der Waals surface area contributed by atoms with Crippen LogP contribution in [0.1, 0.15) is 16.7 Å². The Morgan fingerprint density at radius 2 is 2.00 bits per heavy atom. The Kier molecular flexibility index (Phi) is 4.32. The number of ether oxygens (including phenoxy) is 1. The van der Waals surface area contributed by atoms with Crippen molar-refractivity contribution in [3.63, 3.8) is 0 Å². The Labute approximate surface area is 116 Å². The average Bonchev–Trinajstić information content (AvgIpc) is 2.46. The summed E-state index contributed by atoms with van der Waals surface area (Å²) >= 11 is 0. The van der Waals surface area contributed by atoms with Crippen LogP contribution in [0.3, 0.4) is 0 Å². The molecule has 5 heteroatoms. The molecule has 0 saturated heterocycles. The number of aryl methyl sites for hydroxylation is 1. The molecule has 0 atom stereocenters. The van der Waals surface area contributed by atoms with Crippen molar-refractivity contribution in [3.8, 4) is 5.75 Å². The Morgan fingerprint density at radius 3 is 2.70 bits per heavy atom. The first kappa shape index (κ1) is 14.0. The first-order chi connectivity index (χ1) is 9.61. The van der Waals surface area contributed by atoms with E-state index in [0.29, 0.717) is 16.9 Å². The maximum atomic E-state index is 10.7. The second-order valence-electron chi connectivity index (χ2n) is 4.44. The first-order valence-corrected chi connectivity index (χ1v) is 6.17. The molecule has 2 aromatic rings. The second-order valence-corrected chi connectivity index (χ2v) is 4.44. The van der Waals surface area contributed by atoms with Crippen molar-refractivity contribution in [1.82, 2.24) is 0 Å². The third-order valence-corrected chi connectivity index (χ3v) is 2.97. The highest BCUT2D eigenvalue weighted by Crippen LogP contribution is 2.25. The number of benzene rings is 2. The highest BCUT2D eigenvalue weighted by atomic mass is 16.6.